The number of carbonyl (C=O) groups excluding carboxylic acids is 2. The SMILES string of the molecule is O=C(c1ccncc1)N1C[C@H](c2ccccc2)[C@]2(CCNC2=O)C1. The average Bonchev–Trinajstić information content (AvgIpc) is 3.20. The van der Waals surface area contributed by atoms with E-state index in [2.05, 4.69) is 22.4 Å². The molecule has 2 fully saturated rings. The zero-order valence-electron chi connectivity index (χ0n) is 13.3. The maximum atomic E-state index is 12.8. The summed E-state index contributed by atoms with van der Waals surface area (Å²) in [5.74, 6) is 0.0725. The van der Waals surface area contributed by atoms with Crippen LogP contribution < -0.4 is 5.32 Å². The minimum Gasteiger partial charge on any atom is -0.356 e. The molecule has 0 unspecified atom stereocenters. The molecule has 0 radical (unpaired) electrons. The van der Waals surface area contributed by atoms with Gasteiger partial charge in [0.15, 0.2) is 0 Å². The number of pyridine rings is 1. The van der Waals surface area contributed by atoms with Crippen molar-refractivity contribution in [2.24, 2.45) is 5.41 Å². The number of nitrogens with one attached hydrogen (secondary N) is 1. The van der Waals surface area contributed by atoms with Gasteiger partial charge in [-0.2, -0.15) is 0 Å². The number of rotatable bonds is 2. The molecule has 2 saturated heterocycles. The highest BCUT2D eigenvalue weighted by Gasteiger charge is 2.55. The molecular weight excluding hydrogens is 302 g/mol. The Labute approximate surface area is 140 Å². The third-order valence-electron chi connectivity index (χ3n) is 5.27. The molecular formula is C19H19N3O2. The Bertz CT molecular complexity index is 763. The predicted molar refractivity (Wildman–Crippen MR) is 89.4 cm³/mol. The van der Waals surface area contributed by atoms with E-state index in [9.17, 15) is 9.59 Å². The second-order valence-electron chi connectivity index (χ2n) is 6.55. The number of amides is 2. The maximum Gasteiger partial charge on any atom is 0.254 e. The van der Waals surface area contributed by atoms with Gasteiger partial charge in [0, 0.05) is 43.5 Å². The molecule has 2 aromatic rings. The first kappa shape index (κ1) is 14.9. The summed E-state index contributed by atoms with van der Waals surface area (Å²) in [6, 6.07) is 13.5. The minimum atomic E-state index is -0.510. The Morgan fingerprint density at radius 2 is 1.92 bits per heavy atom. The van der Waals surface area contributed by atoms with E-state index in [1.165, 1.54) is 0 Å². The van der Waals surface area contributed by atoms with Gasteiger partial charge < -0.3 is 10.2 Å². The van der Waals surface area contributed by atoms with Crippen molar-refractivity contribution in [1.29, 1.82) is 0 Å². The van der Waals surface area contributed by atoms with Gasteiger partial charge in [0.25, 0.3) is 5.91 Å². The molecule has 2 aliphatic rings. The second-order valence-corrected chi connectivity index (χ2v) is 6.55. The van der Waals surface area contributed by atoms with Crippen molar-refractivity contribution >= 4 is 11.8 Å². The van der Waals surface area contributed by atoms with Gasteiger partial charge in [0.2, 0.25) is 5.91 Å². The lowest BCUT2D eigenvalue weighted by Gasteiger charge is -2.27. The second kappa shape index (κ2) is 5.74. The van der Waals surface area contributed by atoms with Crippen LogP contribution in [0.15, 0.2) is 54.9 Å². The lowest BCUT2D eigenvalue weighted by Crippen LogP contribution is -2.38. The lowest BCUT2D eigenvalue weighted by atomic mass is 9.73. The largest absolute Gasteiger partial charge is 0.356 e. The van der Waals surface area contributed by atoms with E-state index in [1.807, 2.05) is 23.1 Å². The van der Waals surface area contributed by atoms with E-state index in [-0.39, 0.29) is 17.7 Å². The predicted octanol–water partition coefficient (Wildman–Crippen LogP) is 1.83. The average molecular weight is 321 g/mol. The van der Waals surface area contributed by atoms with Gasteiger partial charge in [-0.05, 0) is 24.1 Å². The van der Waals surface area contributed by atoms with Crippen LogP contribution in [0.5, 0.6) is 0 Å². The molecule has 4 rings (SSSR count). The van der Waals surface area contributed by atoms with E-state index in [4.69, 9.17) is 0 Å². The fourth-order valence-electron chi connectivity index (χ4n) is 4.02. The van der Waals surface area contributed by atoms with Crippen molar-refractivity contribution in [2.45, 2.75) is 12.3 Å². The Morgan fingerprint density at radius 3 is 2.58 bits per heavy atom. The molecule has 0 bridgehead atoms. The van der Waals surface area contributed by atoms with Crippen LogP contribution in [-0.2, 0) is 4.79 Å². The van der Waals surface area contributed by atoms with E-state index in [0.29, 0.717) is 25.2 Å². The Balaban J connectivity index is 1.69. The van der Waals surface area contributed by atoms with E-state index in [0.717, 1.165) is 12.0 Å². The van der Waals surface area contributed by atoms with Crippen molar-refractivity contribution in [3.8, 4) is 0 Å². The van der Waals surface area contributed by atoms with Crippen LogP contribution in [0.3, 0.4) is 0 Å². The van der Waals surface area contributed by atoms with Crippen molar-refractivity contribution in [3.63, 3.8) is 0 Å². The van der Waals surface area contributed by atoms with Crippen LogP contribution >= 0.6 is 0 Å². The summed E-state index contributed by atoms with van der Waals surface area (Å²) < 4.78 is 0. The zero-order chi connectivity index (χ0) is 16.6. The molecule has 1 aromatic carbocycles. The fourth-order valence-corrected chi connectivity index (χ4v) is 4.02. The van der Waals surface area contributed by atoms with Gasteiger partial charge in [-0.15, -0.1) is 0 Å². The van der Waals surface area contributed by atoms with Gasteiger partial charge in [-0.1, -0.05) is 30.3 Å². The molecule has 2 amide bonds. The van der Waals surface area contributed by atoms with Crippen molar-refractivity contribution in [2.75, 3.05) is 19.6 Å². The number of aromatic nitrogens is 1. The summed E-state index contributed by atoms with van der Waals surface area (Å²) in [6.07, 6.45) is 4.01. The third kappa shape index (κ3) is 2.28. The van der Waals surface area contributed by atoms with Gasteiger partial charge >= 0.3 is 0 Å². The summed E-state index contributed by atoms with van der Waals surface area (Å²) in [4.78, 5) is 31.2. The highest BCUT2D eigenvalue weighted by molar-refractivity contribution is 5.96. The van der Waals surface area contributed by atoms with Crippen LogP contribution in [0.25, 0.3) is 0 Å². The highest BCUT2D eigenvalue weighted by Crippen LogP contribution is 2.47. The maximum absolute atomic E-state index is 12.8. The molecule has 0 saturated carbocycles. The summed E-state index contributed by atoms with van der Waals surface area (Å²) >= 11 is 0. The minimum absolute atomic E-state index is 0.0325. The summed E-state index contributed by atoms with van der Waals surface area (Å²) in [6.45, 7) is 1.72. The first-order valence-electron chi connectivity index (χ1n) is 8.23. The van der Waals surface area contributed by atoms with Gasteiger partial charge in [0.05, 0.1) is 5.41 Å². The summed E-state index contributed by atoms with van der Waals surface area (Å²) in [7, 11) is 0. The van der Waals surface area contributed by atoms with Crippen LogP contribution in [0.4, 0.5) is 0 Å². The van der Waals surface area contributed by atoms with Crippen LogP contribution in [0.1, 0.15) is 28.3 Å². The number of likely N-dealkylation sites (tertiary alicyclic amines) is 1. The van der Waals surface area contributed by atoms with E-state index >= 15 is 0 Å². The highest BCUT2D eigenvalue weighted by atomic mass is 16.2. The molecule has 1 aromatic heterocycles. The van der Waals surface area contributed by atoms with Gasteiger partial charge in [0.1, 0.15) is 0 Å². The fraction of sp³-hybridized carbons (Fsp3) is 0.316. The molecule has 0 aliphatic carbocycles. The molecule has 122 valence electrons. The quantitative estimate of drug-likeness (QED) is 0.918. The number of nitrogens with zero attached hydrogens (tertiary/aromatic N) is 2. The number of hydrogen-bond acceptors (Lipinski definition) is 3. The van der Waals surface area contributed by atoms with Crippen molar-refractivity contribution in [3.05, 3.63) is 66.0 Å². The van der Waals surface area contributed by atoms with Crippen LogP contribution in [0.2, 0.25) is 0 Å². The lowest BCUT2D eigenvalue weighted by molar-refractivity contribution is -0.127. The standard InChI is InChI=1S/C19H19N3O2/c23-17(15-6-9-20-10-7-15)22-12-16(14-4-2-1-3-5-14)19(13-22)8-11-21-18(19)24/h1-7,9-10,16H,8,11-13H2,(H,21,24)/t16-,19+/m1/s1. The number of benzene rings is 1. The molecule has 1 N–H and O–H groups in total. The van der Waals surface area contributed by atoms with E-state index < -0.39 is 5.41 Å². The molecule has 24 heavy (non-hydrogen) atoms. The Morgan fingerprint density at radius 1 is 1.17 bits per heavy atom. The number of hydrogen-bond donors (Lipinski definition) is 1. The van der Waals surface area contributed by atoms with Gasteiger partial charge in [-0.25, -0.2) is 0 Å². The molecule has 5 nitrogen and oxygen atoms in total. The monoisotopic (exact) mass is 321 g/mol. The summed E-state index contributed by atoms with van der Waals surface area (Å²) in [5.41, 5.74) is 1.23. The third-order valence-corrected chi connectivity index (χ3v) is 5.27. The van der Waals surface area contributed by atoms with Crippen LogP contribution in [0, 0.1) is 5.41 Å². The van der Waals surface area contributed by atoms with Crippen LogP contribution in [-0.4, -0.2) is 41.3 Å². The summed E-state index contributed by atoms with van der Waals surface area (Å²) in [5, 5.41) is 2.96. The number of carbonyl (C=O) groups is 2. The molecule has 2 aliphatic heterocycles. The molecule has 2 atom stereocenters. The Hall–Kier alpha value is -2.69. The molecule has 3 heterocycles. The molecule has 5 heteroatoms. The van der Waals surface area contributed by atoms with Crippen molar-refractivity contribution in [1.82, 2.24) is 15.2 Å². The smallest absolute Gasteiger partial charge is 0.254 e. The molecule has 1 spiro atoms. The van der Waals surface area contributed by atoms with Crippen molar-refractivity contribution < 1.29 is 9.59 Å². The topological polar surface area (TPSA) is 62.3 Å². The normalized spacial score (nSPS) is 25.9. The first-order chi connectivity index (χ1) is 11.7. The zero-order valence-corrected chi connectivity index (χ0v) is 13.3. The Kier molecular flexibility index (Phi) is 3.56. The first-order valence-corrected chi connectivity index (χ1v) is 8.23. The van der Waals surface area contributed by atoms with Gasteiger partial charge in [-0.3, -0.25) is 14.6 Å². The van der Waals surface area contributed by atoms with E-state index in [1.54, 1.807) is 24.5 Å².